The van der Waals surface area contributed by atoms with Crippen LogP contribution < -0.4 is 18.9 Å². The zero-order valence-corrected chi connectivity index (χ0v) is 16.3. The number of carbonyl (C=O) groups excluding carboxylic acids is 1. The van der Waals surface area contributed by atoms with Gasteiger partial charge in [-0.2, -0.15) is 0 Å². The molecule has 0 N–H and O–H groups in total. The summed E-state index contributed by atoms with van der Waals surface area (Å²) < 4.78 is 22.8. The van der Waals surface area contributed by atoms with Crippen LogP contribution in [0.5, 0.6) is 23.0 Å². The standard InChI is InChI=1S/C22H25NO5/c1-15-8-17-10-20(25-2)18(11-21(17)28-15)13-23(14-24)12-16-4-5-19-22(9-16)27-7-3-6-26-19/h4-5,9-11,14-15H,3,6-8,12-13H2,1-2H3. The fourth-order valence-electron chi connectivity index (χ4n) is 3.68. The van der Waals surface area contributed by atoms with Crippen molar-refractivity contribution in [2.45, 2.75) is 39.0 Å². The molecule has 0 radical (unpaired) electrons. The van der Waals surface area contributed by atoms with Crippen LogP contribution in [-0.2, 0) is 24.3 Å². The monoisotopic (exact) mass is 383 g/mol. The van der Waals surface area contributed by atoms with E-state index in [1.54, 1.807) is 12.0 Å². The van der Waals surface area contributed by atoms with E-state index >= 15 is 0 Å². The van der Waals surface area contributed by atoms with Gasteiger partial charge in [-0.1, -0.05) is 6.07 Å². The van der Waals surface area contributed by atoms with Gasteiger partial charge in [0.05, 0.1) is 20.3 Å². The van der Waals surface area contributed by atoms with Gasteiger partial charge >= 0.3 is 0 Å². The van der Waals surface area contributed by atoms with Crippen molar-refractivity contribution in [3.8, 4) is 23.0 Å². The van der Waals surface area contributed by atoms with Crippen molar-refractivity contribution in [1.29, 1.82) is 0 Å². The minimum atomic E-state index is 0.166. The second kappa shape index (κ2) is 8.00. The van der Waals surface area contributed by atoms with E-state index in [-0.39, 0.29) is 6.10 Å². The van der Waals surface area contributed by atoms with Gasteiger partial charge in [-0.15, -0.1) is 0 Å². The van der Waals surface area contributed by atoms with E-state index in [9.17, 15) is 4.79 Å². The van der Waals surface area contributed by atoms with Gasteiger partial charge in [-0.3, -0.25) is 4.79 Å². The maximum absolute atomic E-state index is 11.7. The minimum Gasteiger partial charge on any atom is -0.496 e. The Bertz CT molecular complexity index is 866. The quantitative estimate of drug-likeness (QED) is 0.716. The van der Waals surface area contributed by atoms with Gasteiger partial charge < -0.3 is 23.8 Å². The van der Waals surface area contributed by atoms with Crippen LogP contribution in [0.1, 0.15) is 30.0 Å². The van der Waals surface area contributed by atoms with E-state index in [1.165, 1.54) is 0 Å². The first-order chi connectivity index (χ1) is 13.7. The van der Waals surface area contributed by atoms with Crippen molar-refractivity contribution in [2.24, 2.45) is 0 Å². The van der Waals surface area contributed by atoms with Gasteiger partial charge in [0.25, 0.3) is 0 Å². The summed E-state index contributed by atoms with van der Waals surface area (Å²) in [5.41, 5.74) is 3.06. The summed E-state index contributed by atoms with van der Waals surface area (Å²) in [5, 5.41) is 0. The Morgan fingerprint density at radius 2 is 1.93 bits per heavy atom. The molecule has 1 unspecified atom stereocenters. The molecule has 0 saturated heterocycles. The summed E-state index contributed by atoms with van der Waals surface area (Å²) in [4.78, 5) is 13.5. The van der Waals surface area contributed by atoms with E-state index in [0.717, 1.165) is 58.9 Å². The van der Waals surface area contributed by atoms with Gasteiger partial charge in [0.2, 0.25) is 6.41 Å². The summed E-state index contributed by atoms with van der Waals surface area (Å²) in [6.45, 7) is 4.25. The fourth-order valence-corrected chi connectivity index (χ4v) is 3.68. The molecule has 0 saturated carbocycles. The van der Waals surface area contributed by atoms with E-state index in [0.29, 0.717) is 26.3 Å². The minimum absolute atomic E-state index is 0.166. The maximum atomic E-state index is 11.7. The summed E-state index contributed by atoms with van der Waals surface area (Å²) >= 11 is 0. The lowest BCUT2D eigenvalue weighted by Crippen LogP contribution is -2.21. The molecule has 0 aromatic heterocycles. The summed E-state index contributed by atoms with van der Waals surface area (Å²) in [6, 6.07) is 9.83. The molecule has 0 bridgehead atoms. The molecule has 2 aromatic carbocycles. The van der Waals surface area contributed by atoms with Gasteiger partial charge in [0.15, 0.2) is 11.5 Å². The molecule has 6 nitrogen and oxygen atoms in total. The van der Waals surface area contributed by atoms with Gasteiger partial charge in [0, 0.05) is 37.1 Å². The van der Waals surface area contributed by atoms with Crippen LogP contribution in [0.4, 0.5) is 0 Å². The molecule has 2 aliphatic rings. The van der Waals surface area contributed by atoms with E-state index in [1.807, 2.05) is 37.3 Å². The van der Waals surface area contributed by atoms with Crippen LogP contribution in [0, 0.1) is 0 Å². The normalized spacial score (nSPS) is 17.3. The first-order valence-corrected chi connectivity index (χ1v) is 9.60. The molecule has 28 heavy (non-hydrogen) atoms. The molecule has 1 amide bonds. The Morgan fingerprint density at radius 3 is 2.71 bits per heavy atom. The number of hydrogen-bond donors (Lipinski definition) is 0. The lowest BCUT2D eigenvalue weighted by atomic mass is 10.1. The average Bonchev–Trinajstić information content (AvgIpc) is 2.90. The fraction of sp³-hybridized carbons (Fsp3) is 0.409. The second-order valence-corrected chi connectivity index (χ2v) is 7.25. The zero-order chi connectivity index (χ0) is 19.5. The zero-order valence-electron chi connectivity index (χ0n) is 16.3. The van der Waals surface area contributed by atoms with Crippen molar-refractivity contribution < 1.29 is 23.7 Å². The van der Waals surface area contributed by atoms with Gasteiger partial charge in [-0.05, 0) is 36.8 Å². The SMILES string of the molecule is COc1cc2c(cc1CN(C=O)Cc1ccc3c(c1)OCCCO3)OC(C)C2. The predicted octanol–water partition coefficient (Wildman–Crippen LogP) is 3.34. The predicted molar refractivity (Wildman–Crippen MR) is 104 cm³/mol. The number of methoxy groups -OCH3 is 1. The van der Waals surface area contributed by atoms with Crippen LogP contribution in [0.15, 0.2) is 30.3 Å². The molecule has 0 fully saturated rings. The number of hydrogen-bond acceptors (Lipinski definition) is 5. The Balaban J connectivity index is 1.52. The van der Waals surface area contributed by atoms with Crippen LogP contribution in [-0.4, -0.2) is 37.7 Å². The molecular formula is C22H25NO5. The van der Waals surface area contributed by atoms with Gasteiger partial charge in [0.1, 0.15) is 17.6 Å². The smallest absolute Gasteiger partial charge is 0.210 e. The van der Waals surface area contributed by atoms with Crippen molar-refractivity contribution in [3.63, 3.8) is 0 Å². The number of benzene rings is 2. The Hall–Kier alpha value is -2.89. The van der Waals surface area contributed by atoms with Crippen molar-refractivity contribution in [2.75, 3.05) is 20.3 Å². The van der Waals surface area contributed by atoms with Crippen LogP contribution in [0.3, 0.4) is 0 Å². The highest BCUT2D eigenvalue weighted by atomic mass is 16.5. The second-order valence-electron chi connectivity index (χ2n) is 7.25. The Kier molecular flexibility index (Phi) is 5.28. The third kappa shape index (κ3) is 3.86. The van der Waals surface area contributed by atoms with Crippen LogP contribution in [0.25, 0.3) is 0 Å². The van der Waals surface area contributed by atoms with Crippen LogP contribution in [0.2, 0.25) is 0 Å². The molecule has 2 aliphatic heterocycles. The number of nitrogens with zero attached hydrogens (tertiary/aromatic N) is 1. The summed E-state index contributed by atoms with van der Waals surface area (Å²) in [7, 11) is 1.65. The summed E-state index contributed by atoms with van der Waals surface area (Å²) in [6.07, 6.45) is 2.77. The van der Waals surface area contributed by atoms with E-state index in [4.69, 9.17) is 18.9 Å². The third-order valence-corrected chi connectivity index (χ3v) is 5.02. The molecule has 148 valence electrons. The van der Waals surface area contributed by atoms with Gasteiger partial charge in [-0.25, -0.2) is 0 Å². The molecular weight excluding hydrogens is 358 g/mol. The van der Waals surface area contributed by atoms with E-state index < -0.39 is 0 Å². The first-order valence-electron chi connectivity index (χ1n) is 9.60. The van der Waals surface area contributed by atoms with Crippen molar-refractivity contribution in [1.82, 2.24) is 4.90 Å². The molecule has 4 rings (SSSR count). The van der Waals surface area contributed by atoms with Crippen molar-refractivity contribution >= 4 is 6.41 Å². The number of amides is 1. The highest BCUT2D eigenvalue weighted by Crippen LogP contribution is 2.36. The molecule has 2 aromatic rings. The van der Waals surface area contributed by atoms with Crippen LogP contribution >= 0.6 is 0 Å². The topological polar surface area (TPSA) is 57.2 Å². The number of rotatable bonds is 6. The Morgan fingerprint density at radius 1 is 1.11 bits per heavy atom. The lowest BCUT2D eigenvalue weighted by Gasteiger charge is -2.20. The highest BCUT2D eigenvalue weighted by molar-refractivity contribution is 5.53. The maximum Gasteiger partial charge on any atom is 0.210 e. The highest BCUT2D eigenvalue weighted by Gasteiger charge is 2.22. The molecule has 0 aliphatic carbocycles. The Labute approximate surface area is 165 Å². The molecule has 0 spiro atoms. The molecule has 2 heterocycles. The van der Waals surface area contributed by atoms with Crippen molar-refractivity contribution in [3.05, 3.63) is 47.0 Å². The number of fused-ring (bicyclic) bond motifs is 2. The lowest BCUT2D eigenvalue weighted by molar-refractivity contribution is -0.119. The first kappa shape index (κ1) is 18.5. The number of carbonyl (C=O) groups is 1. The largest absolute Gasteiger partial charge is 0.496 e. The third-order valence-electron chi connectivity index (χ3n) is 5.02. The molecule has 6 heteroatoms. The van der Waals surface area contributed by atoms with E-state index in [2.05, 4.69) is 0 Å². The average molecular weight is 383 g/mol. The number of ether oxygens (including phenoxy) is 4. The summed E-state index contributed by atoms with van der Waals surface area (Å²) in [5.74, 6) is 3.15. The molecule has 1 atom stereocenters.